The molecular weight excluding hydrogens is 419 g/mol. The van der Waals surface area contributed by atoms with Crippen molar-refractivity contribution < 1.29 is 9.15 Å². The van der Waals surface area contributed by atoms with Gasteiger partial charge in [0.05, 0.1) is 18.8 Å². The Morgan fingerprint density at radius 3 is 2.58 bits per heavy atom. The van der Waals surface area contributed by atoms with Gasteiger partial charge in [0, 0.05) is 32.2 Å². The number of piperidine rings is 1. The Labute approximate surface area is 162 Å². The summed E-state index contributed by atoms with van der Waals surface area (Å²) in [7, 11) is 1.81. The van der Waals surface area contributed by atoms with Gasteiger partial charge in [0.15, 0.2) is 5.96 Å². The molecule has 24 heavy (non-hydrogen) atoms. The van der Waals surface area contributed by atoms with Crippen molar-refractivity contribution in [1.29, 1.82) is 0 Å². The number of oxazole rings is 1. The highest BCUT2D eigenvalue weighted by Gasteiger charge is 2.22. The maximum atomic E-state index is 5.81. The average molecular weight is 450 g/mol. The van der Waals surface area contributed by atoms with Gasteiger partial charge < -0.3 is 19.4 Å². The summed E-state index contributed by atoms with van der Waals surface area (Å²) < 4.78 is 11.5. The molecule has 1 fully saturated rings. The molecule has 0 spiro atoms. The molecule has 138 valence electrons. The van der Waals surface area contributed by atoms with Crippen LogP contribution in [0.1, 0.15) is 52.2 Å². The Morgan fingerprint density at radius 1 is 1.42 bits per heavy atom. The molecule has 0 unspecified atom stereocenters. The molecule has 2 rings (SSSR count). The third-order valence-electron chi connectivity index (χ3n) is 4.05. The molecule has 0 aromatic carbocycles. The topological polar surface area (TPSA) is 62.9 Å². The molecule has 0 radical (unpaired) electrons. The van der Waals surface area contributed by atoms with Gasteiger partial charge in [-0.15, -0.1) is 24.0 Å². The number of nitrogens with zero attached hydrogens (tertiary/aromatic N) is 3. The fourth-order valence-corrected chi connectivity index (χ4v) is 2.70. The number of ether oxygens (including phenoxy) is 1. The zero-order chi connectivity index (χ0) is 16.9. The minimum absolute atomic E-state index is 0. The predicted octanol–water partition coefficient (Wildman–Crippen LogP) is 3.17. The molecule has 6 nitrogen and oxygen atoms in total. The highest BCUT2D eigenvalue weighted by Crippen LogP contribution is 2.22. The Bertz CT molecular complexity index is 517. The second-order valence-electron chi connectivity index (χ2n) is 6.91. The van der Waals surface area contributed by atoms with E-state index in [0.717, 1.165) is 44.3 Å². The standard InChI is InChI=1S/C17H30N4O2.HI/c1-6-22-13-7-9-21(10-8-13)16(18-5)20-12-15-19-11-14(23-15)17(2,3)4;/h11,13H,6-10,12H2,1-5H3,(H,18,20);1H. The van der Waals surface area contributed by atoms with Crippen LogP contribution in [-0.4, -0.2) is 48.7 Å². The van der Waals surface area contributed by atoms with Crippen LogP contribution in [0.5, 0.6) is 0 Å². The van der Waals surface area contributed by atoms with Crippen molar-refractivity contribution in [3.63, 3.8) is 0 Å². The zero-order valence-corrected chi connectivity index (χ0v) is 17.8. The molecule has 2 heterocycles. The Balaban J connectivity index is 0.00000288. The summed E-state index contributed by atoms with van der Waals surface area (Å²) in [5.74, 6) is 2.50. The average Bonchev–Trinajstić information content (AvgIpc) is 2.99. The van der Waals surface area contributed by atoms with Crippen molar-refractivity contribution >= 4 is 29.9 Å². The van der Waals surface area contributed by atoms with Crippen molar-refractivity contribution in [2.24, 2.45) is 4.99 Å². The van der Waals surface area contributed by atoms with Gasteiger partial charge in [0.25, 0.3) is 0 Å². The summed E-state index contributed by atoms with van der Waals surface area (Å²) in [4.78, 5) is 11.0. The number of guanidine groups is 1. The molecule has 1 saturated heterocycles. The fraction of sp³-hybridized carbons (Fsp3) is 0.765. The maximum Gasteiger partial charge on any atom is 0.213 e. The zero-order valence-electron chi connectivity index (χ0n) is 15.5. The van der Waals surface area contributed by atoms with E-state index in [1.54, 1.807) is 0 Å². The largest absolute Gasteiger partial charge is 0.443 e. The van der Waals surface area contributed by atoms with Gasteiger partial charge in [-0.25, -0.2) is 4.98 Å². The molecular formula is C17H31IN4O2. The van der Waals surface area contributed by atoms with Crippen LogP contribution in [0.15, 0.2) is 15.6 Å². The first kappa shape index (κ1) is 21.2. The first-order valence-corrected chi connectivity index (χ1v) is 8.46. The van der Waals surface area contributed by atoms with E-state index in [2.05, 4.69) is 47.9 Å². The van der Waals surface area contributed by atoms with Crippen molar-refractivity contribution in [2.75, 3.05) is 26.7 Å². The molecule has 1 aliphatic heterocycles. The van der Waals surface area contributed by atoms with Crippen LogP contribution in [0.2, 0.25) is 0 Å². The SMILES string of the molecule is CCOC1CCN(C(=NC)NCc2ncc(C(C)(C)C)o2)CC1.I. The van der Waals surface area contributed by atoms with Gasteiger partial charge in [-0.1, -0.05) is 20.8 Å². The monoisotopic (exact) mass is 450 g/mol. The Kier molecular flexibility index (Phi) is 8.49. The fourth-order valence-electron chi connectivity index (χ4n) is 2.70. The molecule has 1 aromatic rings. The normalized spacial score (nSPS) is 16.9. The van der Waals surface area contributed by atoms with Crippen molar-refractivity contribution in [1.82, 2.24) is 15.2 Å². The molecule has 0 aliphatic carbocycles. The van der Waals surface area contributed by atoms with Gasteiger partial charge in [0.1, 0.15) is 5.76 Å². The van der Waals surface area contributed by atoms with E-state index in [1.807, 2.05) is 13.2 Å². The van der Waals surface area contributed by atoms with Gasteiger partial charge in [-0.05, 0) is 19.8 Å². The summed E-state index contributed by atoms with van der Waals surface area (Å²) in [5, 5.41) is 3.35. The minimum Gasteiger partial charge on any atom is -0.443 e. The number of hydrogen-bond donors (Lipinski definition) is 1. The summed E-state index contributed by atoms with van der Waals surface area (Å²) in [6, 6.07) is 0. The number of likely N-dealkylation sites (tertiary alicyclic amines) is 1. The summed E-state index contributed by atoms with van der Waals surface area (Å²) in [6.07, 6.45) is 4.28. The lowest BCUT2D eigenvalue weighted by molar-refractivity contribution is 0.0263. The van der Waals surface area contributed by atoms with Crippen LogP contribution in [-0.2, 0) is 16.7 Å². The van der Waals surface area contributed by atoms with Crippen LogP contribution in [0.25, 0.3) is 0 Å². The quantitative estimate of drug-likeness (QED) is 0.434. The minimum atomic E-state index is -0.0198. The molecule has 1 aliphatic rings. The lowest BCUT2D eigenvalue weighted by Crippen LogP contribution is -2.46. The highest BCUT2D eigenvalue weighted by molar-refractivity contribution is 14.0. The van der Waals surface area contributed by atoms with Gasteiger partial charge in [-0.3, -0.25) is 4.99 Å². The predicted molar refractivity (Wildman–Crippen MR) is 107 cm³/mol. The first-order valence-electron chi connectivity index (χ1n) is 8.46. The molecule has 1 N–H and O–H groups in total. The molecule has 7 heteroatoms. The molecule has 0 bridgehead atoms. The number of rotatable bonds is 4. The van der Waals surface area contributed by atoms with Crippen molar-refractivity contribution in [3.8, 4) is 0 Å². The number of aromatic nitrogens is 1. The number of aliphatic imine (C=N–C) groups is 1. The van der Waals surface area contributed by atoms with E-state index >= 15 is 0 Å². The van der Waals surface area contributed by atoms with Gasteiger partial charge >= 0.3 is 0 Å². The third kappa shape index (κ3) is 5.91. The molecule has 0 amide bonds. The van der Waals surface area contributed by atoms with Crippen LogP contribution >= 0.6 is 24.0 Å². The van der Waals surface area contributed by atoms with E-state index in [9.17, 15) is 0 Å². The third-order valence-corrected chi connectivity index (χ3v) is 4.05. The lowest BCUT2D eigenvalue weighted by atomic mass is 9.94. The second-order valence-corrected chi connectivity index (χ2v) is 6.91. The number of hydrogen-bond acceptors (Lipinski definition) is 4. The smallest absolute Gasteiger partial charge is 0.213 e. The van der Waals surface area contributed by atoms with Crippen molar-refractivity contribution in [2.45, 2.75) is 58.6 Å². The van der Waals surface area contributed by atoms with Crippen LogP contribution in [0.4, 0.5) is 0 Å². The van der Waals surface area contributed by atoms with Crippen LogP contribution in [0.3, 0.4) is 0 Å². The van der Waals surface area contributed by atoms with Gasteiger partial charge in [0.2, 0.25) is 5.89 Å². The van der Waals surface area contributed by atoms with Gasteiger partial charge in [-0.2, -0.15) is 0 Å². The highest BCUT2D eigenvalue weighted by atomic mass is 127. The second kappa shape index (κ2) is 9.60. The summed E-state index contributed by atoms with van der Waals surface area (Å²) in [6.45, 7) is 11.7. The van der Waals surface area contributed by atoms with Crippen molar-refractivity contribution in [3.05, 3.63) is 17.8 Å². The molecule has 0 atom stereocenters. The van der Waals surface area contributed by atoms with E-state index in [0.29, 0.717) is 18.5 Å². The Hall–Kier alpha value is -0.830. The maximum absolute atomic E-state index is 5.81. The first-order chi connectivity index (χ1) is 10.9. The summed E-state index contributed by atoms with van der Waals surface area (Å²) in [5.41, 5.74) is -0.0198. The molecule has 1 aromatic heterocycles. The number of halogens is 1. The number of nitrogens with one attached hydrogen (secondary N) is 1. The Morgan fingerprint density at radius 2 is 2.08 bits per heavy atom. The van der Waals surface area contributed by atoms with E-state index in [-0.39, 0.29) is 29.4 Å². The van der Waals surface area contributed by atoms with E-state index < -0.39 is 0 Å². The van der Waals surface area contributed by atoms with E-state index in [4.69, 9.17) is 9.15 Å². The van der Waals surface area contributed by atoms with E-state index in [1.165, 1.54) is 0 Å². The van der Waals surface area contributed by atoms with Crippen LogP contribution < -0.4 is 5.32 Å². The summed E-state index contributed by atoms with van der Waals surface area (Å²) >= 11 is 0. The van der Waals surface area contributed by atoms with Crippen LogP contribution in [0, 0.1) is 0 Å². The molecule has 0 saturated carbocycles. The lowest BCUT2D eigenvalue weighted by Gasteiger charge is -2.33.